The first kappa shape index (κ1) is 17.0. The van der Waals surface area contributed by atoms with E-state index < -0.39 is 0 Å². The number of benzene rings is 2. The lowest BCUT2D eigenvalue weighted by atomic mass is 10.2. The van der Waals surface area contributed by atoms with Gasteiger partial charge in [-0.05, 0) is 43.3 Å². The lowest BCUT2D eigenvalue weighted by Gasteiger charge is -2.08. The normalized spacial score (nSPS) is 10.5. The monoisotopic (exact) mass is 354 g/mol. The summed E-state index contributed by atoms with van der Waals surface area (Å²) in [7, 11) is 1.63. The van der Waals surface area contributed by atoms with Gasteiger partial charge in [0.1, 0.15) is 12.1 Å². The van der Waals surface area contributed by atoms with Crippen molar-refractivity contribution in [3.8, 4) is 11.4 Å². The lowest BCUT2D eigenvalue weighted by molar-refractivity contribution is -0.113. The molecule has 128 valence electrons. The number of aryl methyl sites for hydroxylation is 1. The summed E-state index contributed by atoms with van der Waals surface area (Å²) >= 11 is 1.34. The summed E-state index contributed by atoms with van der Waals surface area (Å²) in [6.07, 6.45) is 1.63. The second-order valence-corrected chi connectivity index (χ2v) is 6.33. The number of thioether (sulfide) groups is 1. The Morgan fingerprint density at radius 2 is 1.88 bits per heavy atom. The highest BCUT2D eigenvalue weighted by Crippen LogP contribution is 2.21. The fourth-order valence-electron chi connectivity index (χ4n) is 2.21. The molecule has 0 spiro atoms. The van der Waals surface area contributed by atoms with E-state index in [0.717, 1.165) is 22.7 Å². The van der Waals surface area contributed by atoms with Gasteiger partial charge in [0.05, 0.1) is 12.9 Å². The van der Waals surface area contributed by atoms with Crippen molar-refractivity contribution < 1.29 is 9.53 Å². The summed E-state index contributed by atoms with van der Waals surface area (Å²) in [5.74, 6) is 0.949. The van der Waals surface area contributed by atoms with Crippen LogP contribution in [-0.2, 0) is 4.79 Å². The zero-order valence-electron chi connectivity index (χ0n) is 14.0. The minimum Gasteiger partial charge on any atom is -0.497 e. The third kappa shape index (κ3) is 4.39. The summed E-state index contributed by atoms with van der Waals surface area (Å²) in [6.45, 7) is 2.01. The van der Waals surface area contributed by atoms with Gasteiger partial charge < -0.3 is 10.1 Å². The standard InChI is InChI=1S/C18H18N4O2S/c1-13-3-5-14(6-4-13)20-17(23)11-25-18-21-19-12-22(18)15-7-9-16(24-2)10-8-15/h3-10,12H,11H2,1-2H3,(H,20,23). The highest BCUT2D eigenvalue weighted by molar-refractivity contribution is 7.99. The zero-order chi connectivity index (χ0) is 17.6. The van der Waals surface area contributed by atoms with Gasteiger partial charge in [-0.2, -0.15) is 0 Å². The molecule has 1 aromatic heterocycles. The quantitative estimate of drug-likeness (QED) is 0.688. The minimum atomic E-state index is -0.0851. The van der Waals surface area contributed by atoms with Gasteiger partial charge in [0.2, 0.25) is 5.91 Å². The van der Waals surface area contributed by atoms with Gasteiger partial charge in [-0.25, -0.2) is 0 Å². The highest BCUT2D eigenvalue weighted by Gasteiger charge is 2.10. The molecule has 25 heavy (non-hydrogen) atoms. The summed E-state index contributed by atoms with van der Waals surface area (Å²) in [5.41, 5.74) is 2.85. The Hall–Kier alpha value is -2.80. The summed E-state index contributed by atoms with van der Waals surface area (Å²) in [4.78, 5) is 12.1. The molecule has 3 aromatic rings. The molecule has 0 atom stereocenters. The maximum atomic E-state index is 12.1. The van der Waals surface area contributed by atoms with Crippen LogP contribution in [0.3, 0.4) is 0 Å². The van der Waals surface area contributed by atoms with Crippen molar-refractivity contribution in [1.29, 1.82) is 0 Å². The number of hydrogen-bond acceptors (Lipinski definition) is 5. The predicted molar refractivity (Wildman–Crippen MR) is 98.4 cm³/mol. The topological polar surface area (TPSA) is 69.0 Å². The third-order valence-corrected chi connectivity index (χ3v) is 4.48. The molecule has 0 aliphatic heterocycles. The first-order valence-electron chi connectivity index (χ1n) is 7.69. The van der Waals surface area contributed by atoms with Crippen molar-refractivity contribution in [2.75, 3.05) is 18.2 Å². The molecule has 1 N–H and O–H groups in total. The molecular formula is C18H18N4O2S. The molecule has 1 amide bonds. The molecule has 0 aliphatic rings. The van der Waals surface area contributed by atoms with Crippen LogP contribution in [0.25, 0.3) is 5.69 Å². The van der Waals surface area contributed by atoms with E-state index in [1.54, 1.807) is 13.4 Å². The van der Waals surface area contributed by atoms with Gasteiger partial charge >= 0.3 is 0 Å². The van der Waals surface area contributed by atoms with Crippen molar-refractivity contribution in [2.45, 2.75) is 12.1 Å². The SMILES string of the molecule is COc1ccc(-n2cnnc2SCC(=O)Nc2ccc(C)cc2)cc1. The van der Waals surface area contributed by atoms with Crippen molar-refractivity contribution in [1.82, 2.24) is 14.8 Å². The van der Waals surface area contributed by atoms with Gasteiger partial charge in [0.25, 0.3) is 0 Å². The fourth-order valence-corrected chi connectivity index (χ4v) is 2.94. The number of carbonyl (C=O) groups is 1. The molecule has 1 heterocycles. The third-order valence-electron chi connectivity index (χ3n) is 3.53. The number of amides is 1. The number of nitrogens with one attached hydrogen (secondary N) is 1. The number of nitrogens with zero attached hydrogens (tertiary/aromatic N) is 3. The number of aromatic nitrogens is 3. The molecule has 7 heteroatoms. The van der Waals surface area contributed by atoms with Crippen molar-refractivity contribution >= 4 is 23.4 Å². The summed E-state index contributed by atoms with van der Waals surface area (Å²) in [6, 6.07) is 15.3. The Balaban J connectivity index is 1.62. The maximum Gasteiger partial charge on any atom is 0.234 e. The molecule has 0 saturated carbocycles. The number of ether oxygens (including phenoxy) is 1. The number of carbonyl (C=O) groups excluding carboxylic acids is 1. The lowest BCUT2D eigenvalue weighted by Crippen LogP contribution is -2.14. The molecule has 6 nitrogen and oxygen atoms in total. The number of methoxy groups -OCH3 is 1. The minimum absolute atomic E-state index is 0.0851. The van der Waals surface area contributed by atoms with E-state index in [0.29, 0.717) is 5.16 Å². The van der Waals surface area contributed by atoms with E-state index in [-0.39, 0.29) is 11.7 Å². The van der Waals surface area contributed by atoms with Crippen LogP contribution in [0.1, 0.15) is 5.56 Å². The molecular weight excluding hydrogens is 336 g/mol. The molecule has 0 saturated heterocycles. The Bertz CT molecular complexity index is 844. The smallest absolute Gasteiger partial charge is 0.234 e. The van der Waals surface area contributed by atoms with Gasteiger partial charge in [-0.3, -0.25) is 9.36 Å². The largest absolute Gasteiger partial charge is 0.497 e. The van der Waals surface area contributed by atoms with Gasteiger partial charge in [0, 0.05) is 11.4 Å². The average Bonchev–Trinajstić information content (AvgIpc) is 3.10. The van der Waals surface area contributed by atoms with E-state index in [1.165, 1.54) is 11.8 Å². The molecule has 0 radical (unpaired) electrons. The van der Waals surface area contributed by atoms with Crippen LogP contribution in [0, 0.1) is 6.92 Å². The molecule has 0 unspecified atom stereocenters. The molecule has 0 aliphatic carbocycles. The first-order chi connectivity index (χ1) is 12.2. The highest BCUT2D eigenvalue weighted by atomic mass is 32.2. The Morgan fingerprint density at radius 3 is 2.56 bits per heavy atom. The van der Waals surface area contributed by atoms with E-state index in [9.17, 15) is 4.79 Å². The van der Waals surface area contributed by atoms with Crippen LogP contribution in [0.5, 0.6) is 5.75 Å². The first-order valence-corrected chi connectivity index (χ1v) is 8.68. The van der Waals surface area contributed by atoms with Gasteiger partial charge in [0.15, 0.2) is 5.16 Å². The predicted octanol–water partition coefficient (Wildman–Crippen LogP) is 3.32. The fraction of sp³-hybridized carbons (Fsp3) is 0.167. The summed E-state index contributed by atoms with van der Waals surface area (Å²) < 4.78 is 7.00. The van der Waals surface area contributed by atoms with E-state index >= 15 is 0 Å². The van der Waals surface area contributed by atoms with Gasteiger partial charge in [-0.1, -0.05) is 29.5 Å². The zero-order valence-corrected chi connectivity index (χ0v) is 14.8. The molecule has 2 aromatic carbocycles. The Kier molecular flexibility index (Phi) is 5.35. The van der Waals surface area contributed by atoms with Crippen LogP contribution in [-0.4, -0.2) is 33.5 Å². The number of rotatable bonds is 6. The second kappa shape index (κ2) is 7.85. The van der Waals surface area contributed by atoms with Crippen LogP contribution in [0.2, 0.25) is 0 Å². The molecule has 0 fully saturated rings. The Morgan fingerprint density at radius 1 is 1.16 bits per heavy atom. The second-order valence-electron chi connectivity index (χ2n) is 5.38. The van der Waals surface area contributed by atoms with Crippen LogP contribution in [0.4, 0.5) is 5.69 Å². The average molecular weight is 354 g/mol. The van der Waals surface area contributed by atoms with Crippen LogP contribution < -0.4 is 10.1 Å². The van der Waals surface area contributed by atoms with Crippen molar-refractivity contribution in [3.05, 3.63) is 60.4 Å². The maximum absolute atomic E-state index is 12.1. The van der Waals surface area contributed by atoms with Crippen LogP contribution in [0.15, 0.2) is 60.0 Å². The van der Waals surface area contributed by atoms with E-state index in [4.69, 9.17) is 4.74 Å². The van der Waals surface area contributed by atoms with Crippen molar-refractivity contribution in [3.63, 3.8) is 0 Å². The van der Waals surface area contributed by atoms with Crippen molar-refractivity contribution in [2.24, 2.45) is 0 Å². The molecule has 0 bridgehead atoms. The number of hydrogen-bond donors (Lipinski definition) is 1. The van der Waals surface area contributed by atoms with E-state index in [2.05, 4.69) is 15.5 Å². The van der Waals surface area contributed by atoms with Gasteiger partial charge in [-0.15, -0.1) is 10.2 Å². The molecule has 3 rings (SSSR count). The summed E-state index contributed by atoms with van der Waals surface area (Å²) in [5, 5.41) is 11.6. The van der Waals surface area contributed by atoms with Crippen LogP contribution >= 0.6 is 11.8 Å². The van der Waals surface area contributed by atoms with E-state index in [1.807, 2.05) is 60.0 Å². The Labute approximate surface area is 150 Å². The number of anilines is 1.